The van der Waals surface area contributed by atoms with Crippen molar-refractivity contribution < 1.29 is 9.53 Å². The minimum atomic E-state index is -0.0825. The van der Waals surface area contributed by atoms with E-state index in [0.717, 1.165) is 28.9 Å². The highest BCUT2D eigenvalue weighted by atomic mass is 16.5. The van der Waals surface area contributed by atoms with E-state index >= 15 is 0 Å². The highest BCUT2D eigenvalue weighted by Gasteiger charge is 2.11. The van der Waals surface area contributed by atoms with E-state index in [1.807, 2.05) is 43.3 Å². The van der Waals surface area contributed by atoms with E-state index in [2.05, 4.69) is 29.4 Å². The third kappa shape index (κ3) is 4.61. The molecule has 3 rings (SSSR count). The number of H-pyrrole nitrogens is 1. The van der Waals surface area contributed by atoms with Crippen LogP contribution in [0, 0.1) is 13.8 Å². The van der Waals surface area contributed by atoms with Crippen LogP contribution >= 0.6 is 0 Å². The molecule has 1 aromatic heterocycles. The van der Waals surface area contributed by atoms with E-state index in [-0.39, 0.29) is 6.03 Å². The van der Waals surface area contributed by atoms with Crippen LogP contribution in [0.1, 0.15) is 16.8 Å². The Bertz CT molecular complexity index is 917. The molecular weight excluding hydrogens is 338 g/mol. The maximum absolute atomic E-state index is 12.3. The highest BCUT2D eigenvalue weighted by Crippen LogP contribution is 2.22. The second-order valence-electron chi connectivity index (χ2n) is 6.79. The Morgan fingerprint density at radius 3 is 2.67 bits per heavy atom. The topological polar surface area (TPSA) is 57.4 Å². The number of aryl methyl sites for hydroxylation is 2. The molecule has 5 nitrogen and oxygen atoms in total. The number of hydrogen-bond acceptors (Lipinski definition) is 2. The number of benzene rings is 2. The van der Waals surface area contributed by atoms with Gasteiger partial charge in [-0.2, -0.15) is 0 Å². The van der Waals surface area contributed by atoms with E-state index in [1.54, 1.807) is 11.9 Å². The summed E-state index contributed by atoms with van der Waals surface area (Å²) in [5.74, 6) is 0.862. The summed E-state index contributed by atoms with van der Waals surface area (Å²) < 4.78 is 5.76. The molecular formula is C22H27N3O2. The number of aromatic nitrogens is 1. The number of carbonyl (C=O) groups excluding carboxylic acids is 1. The summed E-state index contributed by atoms with van der Waals surface area (Å²) in [5.41, 5.74) is 4.65. The first-order valence-electron chi connectivity index (χ1n) is 9.30. The zero-order valence-electron chi connectivity index (χ0n) is 16.2. The van der Waals surface area contributed by atoms with Gasteiger partial charge in [-0.3, -0.25) is 0 Å². The second-order valence-corrected chi connectivity index (χ2v) is 6.79. The maximum atomic E-state index is 12.3. The lowest BCUT2D eigenvalue weighted by Crippen LogP contribution is -2.40. The number of hydrogen-bond donors (Lipinski definition) is 2. The predicted molar refractivity (Wildman–Crippen MR) is 109 cm³/mol. The van der Waals surface area contributed by atoms with Crippen molar-refractivity contribution in [2.75, 3.05) is 26.7 Å². The normalized spacial score (nSPS) is 10.8. The van der Waals surface area contributed by atoms with Gasteiger partial charge in [-0.25, -0.2) is 4.79 Å². The molecule has 0 spiro atoms. The lowest BCUT2D eigenvalue weighted by Gasteiger charge is -2.18. The van der Waals surface area contributed by atoms with Crippen molar-refractivity contribution in [3.63, 3.8) is 0 Å². The third-order valence-electron chi connectivity index (χ3n) is 4.80. The number of rotatable bonds is 7. The van der Waals surface area contributed by atoms with Gasteiger partial charge in [0.25, 0.3) is 0 Å². The van der Waals surface area contributed by atoms with Gasteiger partial charge in [0, 0.05) is 30.2 Å². The standard InChI is InChI=1S/C22H27N3O2/c1-16-8-4-7-11-21(16)27-15-14-25(3)22(26)23-13-12-18-17(2)24-20-10-6-5-9-19(18)20/h4-11,24H,12-15H2,1-3H3,(H,23,26). The minimum absolute atomic E-state index is 0.0825. The van der Waals surface area contributed by atoms with Crippen molar-refractivity contribution in [2.45, 2.75) is 20.3 Å². The van der Waals surface area contributed by atoms with Crippen molar-refractivity contribution in [3.8, 4) is 5.75 Å². The van der Waals surface area contributed by atoms with E-state index in [4.69, 9.17) is 4.74 Å². The average Bonchev–Trinajstić information content (AvgIpc) is 2.98. The molecule has 5 heteroatoms. The number of nitrogens with one attached hydrogen (secondary N) is 2. The van der Waals surface area contributed by atoms with Crippen LogP contribution in [0.3, 0.4) is 0 Å². The zero-order chi connectivity index (χ0) is 19.2. The van der Waals surface area contributed by atoms with E-state index < -0.39 is 0 Å². The Morgan fingerprint density at radius 1 is 1.11 bits per heavy atom. The van der Waals surface area contributed by atoms with Gasteiger partial charge in [-0.15, -0.1) is 0 Å². The number of nitrogens with zero attached hydrogens (tertiary/aromatic N) is 1. The first-order valence-corrected chi connectivity index (χ1v) is 9.30. The average molecular weight is 365 g/mol. The molecule has 0 radical (unpaired) electrons. The van der Waals surface area contributed by atoms with Crippen LogP contribution in [0.15, 0.2) is 48.5 Å². The molecule has 0 atom stereocenters. The molecule has 27 heavy (non-hydrogen) atoms. The monoisotopic (exact) mass is 365 g/mol. The fourth-order valence-corrected chi connectivity index (χ4v) is 3.20. The number of amides is 2. The van der Waals surface area contributed by atoms with Crippen LogP contribution in [0.4, 0.5) is 4.79 Å². The van der Waals surface area contributed by atoms with Gasteiger partial charge in [-0.05, 0) is 43.5 Å². The van der Waals surface area contributed by atoms with Gasteiger partial charge in [-0.1, -0.05) is 36.4 Å². The number of aromatic amines is 1. The first kappa shape index (κ1) is 18.8. The quantitative estimate of drug-likeness (QED) is 0.664. The van der Waals surface area contributed by atoms with Crippen LogP contribution < -0.4 is 10.1 Å². The second kappa shape index (κ2) is 8.62. The van der Waals surface area contributed by atoms with Crippen molar-refractivity contribution >= 4 is 16.9 Å². The van der Waals surface area contributed by atoms with Crippen LogP contribution in [0.5, 0.6) is 5.75 Å². The fraction of sp³-hybridized carbons (Fsp3) is 0.318. The highest BCUT2D eigenvalue weighted by molar-refractivity contribution is 5.84. The molecule has 0 unspecified atom stereocenters. The summed E-state index contributed by atoms with van der Waals surface area (Å²) in [5, 5.41) is 4.22. The Labute approximate surface area is 160 Å². The molecule has 142 valence electrons. The molecule has 0 aliphatic carbocycles. The molecule has 0 saturated carbocycles. The molecule has 0 bridgehead atoms. The molecule has 0 aliphatic rings. The Hall–Kier alpha value is -2.95. The number of urea groups is 1. The molecule has 2 aromatic carbocycles. The summed E-state index contributed by atoms with van der Waals surface area (Å²) in [7, 11) is 1.79. The number of para-hydroxylation sites is 2. The summed E-state index contributed by atoms with van der Waals surface area (Å²) in [6.07, 6.45) is 0.801. The Balaban J connectivity index is 1.44. The van der Waals surface area contributed by atoms with Gasteiger partial charge < -0.3 is 19.9 Å². The smallest absolute Gasteiger partial charge is 0.317 e. The third-order valence-corrected chi connectivity index (χ3v) is 4.80. The van der Waals surface area contributed by atoms with Gasteiger partial charge >= 0.3 is 6.03 Å². The Morgan fingerprint density at radius 2 is 1.85 bits per heavy atom. The number of carbonyl (C=O) groups is 1. The van der Waals surface area contributed by atoms with E-state index in [0.29, 0.717) is 19.7 Å². The van der Waals surface area contributed by atoms with Crippen LogP contribution in [0.2, 0.25) is 0 Å². The molecule has 0 saturated heterocycles. The van der Waals surface area contributed by atoms with Crippen molar-refractivity contribution in [2.24, 2.45) is 0 Å². The lowest BCUT2D eigenvalue weighted by atomic mass is 10.1. The van der Waals surface area contributed by atoms with Crippen LogP contribution in [0.25, 0.3) is 10.9 Å². The molecule has 0 fully saturated rings. The maximum Gasteiger partial charge on any atom is 0.317 e. The molecule has 0 aliphatic heterocycles. The van der Waals surface area contributed by atoms with Crippen molar-refractivity contribution in [3.05, 3.63) is 65.4 Å². The largest absolute Gasteiger partial charge is 0.491 e. The van der Waals surface area contributed by atoms with Crippen LogP contribution in [-0.4, -0.2) is 42.7 Å². The predicted octanol–water partition coefficient (Wildman–Crippen LogP) is 4.05. The fourth-order valence-electron chi connectivity index (χ4n) is 3.20. The molecule has 2 N–H and O–H groups in total. The molecule has 3 aromatic rings. The van der Waals surface area contributed by atoms with Crippen molar-refractivity contribution in [1.29, 1.82) is 0 Å². The van der Waals surface area contributed by atoms with Gasteiger partial charge in [0.05, 0.1) is 6.54 Å². The number of ether oxygens (including phenoxy) is 1. The van der Waals surface area contributed by atoms with E-state index in [1.165, 1.54) is 10.9 Å². The Kier molecular flexibility index (Phi) is 6.01. The lowest BCUT2D eigenvalue weighted by molar-refractivity contribution is 0.195. The summed E-state index contributed by atoms with van der Waals surface area (Å²) >= 11 is 0. The molecule has 1 heterocycles. The number of likely N-dealkylation sites (N-methyl/N-ethyl adjacent to an activating group) is 1. The molecule has 2 amide bonds. The zero-order valence-corrected chi connectivity index (χ0v) is 16.2. The van der Waals surface area contributed by atoms with Gasteiger partial charge in [0.1, 0.15) is 12.4 Å². The van der Waals surface area contributed by atoms with Crippen molar-refractivity contribution in [1.82, 2.24) is 15.2 Å². The summed E-state index contributed by atoms with van der Waals surface area (Å²) in [6, 6.07) is 16.1. The minimum Gasteiger partial charge on any atom is -0.491 e. The first-order chi connectivity index (χ1) is 13.1. The SMILES string of the molecule is Cc1ccccc1OCCN(C)C(=O)NCCc1c(C)[nH]c2ccccc12. The number of fused-ring (bicyclic) bond motifs is 1. The summed E-state index contributed by atoms with van der Waals surface area (Å²) in [4.78, 5) is 17.3. The summed E-state index contributed by atoms with van der Waals surface area (Å²) in [6.45, 7) is 5.69. The van der Waals surface area contributed by atoms with E-state index in [9.17, 15) is 4.79 Å². The van der Waals surface area contributed by atoms with Gasteiger partial charge in [0.15, 0.2) is 0 Å². The van der Waals surface area contributed by atoms with Gasteiger partial charge in [0.2, 0.25) is 0 Å². The van der Waals surface area contributed by atoms with Crippen LogP contribution in [-0.2, 0) is 6.42 Å².